The first-order valence-corrected chi connectivity index (χ1v) is 16.4. The van der Waals surface area contributed by atoms with Crippen molar-refractivity contribution in [3.8, 4) is 0 Å². The van der Waals surface area contributed by atoms with Crippen LogP contribution in [0.3, 0.4) is 0 Å². The van der Waals surface area contributed by atoms with E-state index in [0.29, 0.717) is 42.3 Å². The van der Waals surface area contributed by atoms with Crippen LogP contribution in [0.5, 0.6) is 0 Å². The molecule has 0 aliphatic carbocycles. The van der Waals surface area contributed by atoms with Crippen molar-refractivity contribution in [1.29, 1.82) is 0 Å². The van der Waals surface area contributed by atoms with Gasteiger partial charge in [0.1, 0.15) is 0 Å². The maximum absolute atomic E-state index is 9.56. The van der Waals surface area contributed by atoms with Gasteiger partial charge in [0.05, 0.1) is 12.2 Å². The van der Waals surface area contributed by atoms with Crippen molar-refractivity contribution in [1.82, 2.24) is 29.9 Å². The summed E-state index contributed by atoms with van der Waals surface area (Å²) in [4.78, 5) is 23.7. The quantitative estimate of drug-likeness (QED) is 0.0816. The Balaban J connectivity index is 0.000000329. The molecule has 2 heterocycles. The van der Waals surface area contributed by atoms with E-state index in [9.17, 15) is 5.11 Å². The number of nitrogens with zero attached hydrogens (tertiary/aromatic N) is 6. The minimum absolute atomic E-state index is 0.000000000000000444. The third kappa shape index (κ3) is 18.0. The summed E-state index contributed by atoms with van der Waals surface area (Å²) in [5.74, 6) is 1.13. The van der Waals surface area contributed by atoms with Crippen LogP contribution in [-0.4, -0.2) is 79.5 Å². The summed E-state index contributed by atoms with van der Waals surface area (Å²) < 4.78 is 0. The summed E-state index contributed by atoms with van der Waals surface area (Å²) >= 11 is 16.0. The number of hydrogen-bond donors (Lipinski definition) is 10. The van der Waals surface area contributed by atoms with Crippen LogP contribution in [0, 0.1) is 0 Å². The van der Waals surface area contributed by atoms with Gasteiger partial charge in [-0.1, -0.05) is 18.2 Å². The highest BCUT2D eigenvalue weighted by Gasteiger charge is 2.09. The van der Waals surface area contributed by atoms with Gasteiger partial charge in [-0.25, -0.2) is 0 Å². The lowest BCUT2D eigenvalue weighted by Crippen LogP contribution is -2.18. The molecule has 19 heteroatoms. The van der Waals surface area contributed by atoms with Crippen LogP contribution in [0.25, 0.3) is 0 Å². The van der Waals surface area contributed by atoms with Gasteiger partial charge in [0.25, 0.3) is 0 Å². The summed E-state index contributed by atoms with van der Waals surface area (Å²) in [6.07, 6.45) is -0.866. The average molecular weight is 762 g/mol. The van der Waals surface area contributed by atoms with Gasteiger partial charge >= 0.3 is 0 Å². The molecule has 0 saturated heterocycles. The van der Waals surface area contributed by atoms with E-state index in [2.05, 4.69) is 56.5 Å². The molecule has 5 rings (SSSR count). The van der Waals surface area contributed by atoms with E-state index in [4.69, 9.17) is 57.1 Å². The predicted octanol–water partition coefficient (Wildman–Crippen LogP) is 5.24. The number of nitrogen functional groups attached to an aromatic ring is 2. The average Bonchev–Trinajstić information content (AvgIpc) is 3.07. The molecule has 0 amide bonds. The Morgan fingerprint density at radius 1 is 0.588 bits per heavy atom. The Morgan fingerprint density at radius 3 is 1.29 bits per heavy atom. The molecule has 51 heavy (non-hydrogen) atoms. The van der Waals surface area contributed by atoms with Crippen LogP contribution in [0.15, 0.2) is 72.8 Å². The summed E-state index contributed by atoms with van der Waals surface area (Å²) in [7, 11) is 3.73. The van der Waals surface area contributed by atoms with E-state index in [1.54, 1.807) is 32.0 Å². The maximum Gasteiger partial charge on any atom is 0.233 e. The second kappa shape index (κ2) is 22.7. The second-order valence-electron chi connectivity index (χ2n) is 10.3. The van der Waals surface area contributed by atoms with Gasteiger partial charge in [-0.2, -0.15) is 29.9 Å². The molecule has 274 valence electrons. The summed E-state index contributed by atoms with van der Waals surface area (Å²) in [5.41, 5.74) is 20.7. The Kier molecular flexibility index (Phi) is 18.8. The lowest BCUT2D eigenvalue weighted by Gasteiger charge is -2.13. The number of nitrogens with one attached hydrogen (secondary N) is 5. The molecule has 0 saturated carbocycles. The number of aromatic nitrogens is 6. The molecule has 0 bridgehead atoms. The zero-order valence-electron chi connectivity index (χ0n) is 28.4. The number of aliphatic hydroxyl groups is 2. The molecule has 2 atom stereocenters. The number of rotatable bonds is 10. The Morgan fingerprint density at radius 2 is 0.961 bits per heavy atom. The van der Waals surface area contributed by atoms with Gasteiger partial charge in [-0.05, 0) is 103 Å². The van der Waals surface area contributed by atoms with Crippen LogP contribution in [0.2, 0.25) is 15.9 Å². The zero-order chi connectivity index (χ0) is 37.8. The Hall–Kier alpha value is -4.97. The first kappa shape index (κ1) is 42.2. The van der Waals surface area contributed by atoms with Crippen LogP contribution in [0.1, 0.15) is 13.8 Å². The highest BCUT2D eigenvalue weighted by molar-refractivity contribution is 6.33. The molecule has 16 nitrogen and oxygen atoms in total. The number of anilines is 9. The van der Waals surface area contributed by atoms with Crippen molar-refractivity contribution in [2.75, 3.05) is 65.2 Å². The van der Waals surface area contributed by atoms with E-state index in [1.807, 2.05) is 68.7 Å². The van der Waals surface area contributed by atoms with Gasteiger partial charge in [0, 0.05) is 61.3 Å². The Labute approximate surface area is 311 Å². The summed E-state index contributed by atoms with van der Waals surface area (Å²) in [6, 6.07) is 22.7. The fourth-order valence-electron chi connectivity index (χ4n) is 3.43. The second-order valence-corrected chi connectivity index (χ2v) is 11.4. The van der Waals surface area contributed by atoms with Crippen molar-refractivity contribution in [3.63, 3.8) is 0 Å². The number of nitrogens with two attached hydrogens (primary N) is 3. The largest absolute Gasteiger partial charge is 0.399 e. The van der Waals surface area contributed by atoms with Crippen LogP contribution in [-0.2, 0) is 0 Å². The normalized spacial score (nSPS) is 11.1. The third-order valence-corrected chi connectivity index (χ3v) is 6.32. The molecule has 5 aromatic rings. The van der Waals surface area contributed by atoms with Gasteiger partial charge < -0.3 is 54.0 Å². The fraction of sp³-hybridized carbons (Fsp3) is 0.250. The van der Waals surface area contributed by atoms with Crippen molar-refractivity contribution in [3.05, 3.63) is 88.6 Å². The minimum atomic E-state index is -0.529. The molecular formula is C32H43Cl3N14O2. The van der Waals surface area contributed by atoms with E-state index in [-0.39, 0.29) is 22.0 Å². The fourth-order valence-corrected chi connectivity index (χ4v) is 4.04. The number of halogens is 3. The molecule has 0 spiro atoms. The summed E-state index contributed by atoms with van der Waals surface area (Å²) in [5, 5.41) is 33.4. The molecule has 13 N–H and O–H groups in total. The molecule has 2 unspecified atom stereocenters. The van der Waals surface area contributed by atoms with Crippen LogP contribution < -0.4 is 43.8 Å². The van der Waals surface area contributed by atoms with Crippen molar-refractivity contribution in [2.24, 2.45) is 5.73 Å². The Bertz CT molecular complexity index is 1630. The number of aliphatic hydroxyl groups excluding tert-OH is 2. The standard InChI is InChI=1S/C20H26N8O.C6H8N2.C3Cl3N3.C3H9NO/c1-13(29)12-23-18-26-19(24-16-8-4-6-14(10-16)21-2)28-20(27-18)25-17-9-5-7-15(11-17)22-3;7-5-2-1-3-6(8)4-5;4-1-7-2(5)9-3(6)8-1;1-3(5)2-4/h4-11,13,21-22,29H,12H2,1-3H3,(H3,23,24,25,26,27,28);1-4H,7-8H2;;3,5H,2,4H2,1H3. The van der Waals surface area contributed by atoms with E-state index in [1.165, 1.54) is 0 Å². The first-order valence-electron chi connectivity index (χ1n) is 15.3. The molecule has 0 aliphatic heterocycles. The van der Waals surface area contributed by atoms with E-state index < -0.39 is 6.10 Å². The minimum Gasteiger partial charge on any atom is -0.399 e. The summed E-state index contributed by atoms with van der Waals surface area (Å²) in [6.45, 7) is 4.03. The number of benzene rings is 3. The van der Waals surface area contributed by atoms with E-state index in [0.717, 1.165) is 22.7 Å². The van der Waals surface area contributed by atoms with Gasteiger partial charge in [0.2, 0.25) is 33.7 Å². The zero-order valence-corrected chi connectivity index (χ0v) is 30.7. The molecule has 0 fully saturated rings. The topological polar surface area (TPSA) is 256 Å². The smallest absolute Gasteiger partial charge is 0.233 e. The SMILES string of the molecule is CC(O)CN.CNc1cccc(Nc2nc(NCC(C)O)nc(Nc3cccc(NC)c3)n2)c1.Clc1nc(Cl)nc(Cl)n1.Nc1cccc(N)c1. The predicted molar refractivity (Wildman–Crippen MR) is 209 cm³/mol. The molecule has 0 radical (unpaired) electrons. The highest BCUT2D eigenvalue weighted by Crippen LogP contribution is 2.22. The number of hydrogen-bond acceptors (Lipinski definition) is 16. The molecule has 0 aliphatic rings. The molecule has 2 aromatic heterocycles. The molecule has 3 aromatic carbocycles. The van der Waals surface area contributed by atoms with Gasteiger partial charge in [-0.15, -0.1) is 0 Å². The lowest BCUT2D eigenvalue weighted by atomic mass is 10.3. The maximum atomic E-state index is 9.56. The first-order chi connectivity index (χ1) is 24.3. The van der Waals surface area contributed by atoms with Crippen molar-refractivity contribution >= 4 is 86.8 Å². The van der Waals surface area contributed by atoms with E-state index >= 15 is 0 Å². The van der Waals surface area contributed by atoms with Gasteiger partial charge in [0.15, 0.2) is 0 Å². The van der Waals surface area contributed by atoms with Crippen molar-refractivity contribution < 1.29 is 10.2 Å². The van der Waals surface area contributed by atoms with Crippen LogP contribution >= 0.6 is 34.8 Å². The van der Waals surface area contributed by atoms with Crippen LogP contribution in [0.4, 0.5) is 52.0 Å². The highest BCUT2D eigenvalue weighted by atomic mass is 35.5. The van der Waals surface area contributed by atoms with Gasteiger partial charge in [-0.3, -0.25) is 0 Å². The molecular weight excluding hydrogens is 719 g/mol. The third-order valence-electron chi connectivity index (χ3n) is 5.81. The monoisotopic (exact) mass is 760 g/mol. The lowest BCUT2D eigenvalue weighted by molar-refractivity contribution is 0.203. The van der Waals surface area contributed by atoms with Crippen molar-refractivity contribution in [2.45, 2.75) is 26.1 Å².